The molecule has 4 rings (SSSR count). The molecule has 1 aliphatic carbocycles. The van der Waals surface area contributed by atoms with Gasteiger partial charge in [0.05, 0.1) is 17.5 Å². The Labute approximate surface area is 150 Å². The lowest BCUT2D eigenvalue weighted by Gasteiger charge is -2.49. The number of fused-ring (bicyclic) bond motifs is 1. The molecule has 0 spiro atoms. The summed E-state index contributed by atoms with van der Waals surface area (Å²) in [5.41, 5.74) is 2.70. The van der Waals surface area contributed by atoms with Gasteiger partial charge in [-0.2, -0.15) is 5.10 Å². The molecule has 1 aliphatic heterocycles. The smallest absolute Gasteiger partial charge is 0.257 e. The number of hydrogen-bond acceptors (Lipinski definition) is 2. The van der Waals surface area contributed by atoms with Crippen LogP contribution in [0.25, 0.3) is 11.3 Å². The van der Waals surface area contributed by atoms with Crippen LogP contribution in [0.3, 0.4) is 0 Å². The van der Waals surface area contributed by atoms with Crippen LogP contribution in [-0.2, 0) is 7.05 Å². The van der Waals surface area contributed by atoms with Gasteiger partial charge >= 0.3 is 0 Å². The summed E-state index contributed by atoms with van der Waals surface area (Å²) < 4.78 is 1.82. The number of piperidine rings is 1. The minimum atomic E-state index is 0.138. The van der Waals surface area contributed by atoms with E-state index in [-0.39, 0.29) is 5.91 Å². The fourth-order valence-electron chi connectivity index (χ4n) is 4.75. The van der Waals surface area contributed by atoms with Gasteiger partial charge in [0.15, 0.2) is 0 Å². The molecule has 0 bridgehead atoms. The molecule has 0 radical (unpaired) electrons. The predicted octanol–water partition coefficient (Wildman–Crippen LogP) is 2.92. The zero-order valence-electron chi connectivity index (χ0n) is 15.2. The van der Waals surface area contributed by atoms with Crippen LogP contribution in [0.5, 0.6) is 0 Å². The Balaban J connectivity index is 1.60. The minimum Gasteiger partial charge on any atom is -0.338 e. The van der Waals surface area contributed by atoms with Crippen molar-refractivity contribution in [2.45, 2.75) is 37.4 Å². The Bertz CT molecular complexity index is 773. The third kappa shape index (κ3) is 2.90. The van der Waals surface area contributed by atoms with E-state index in [4.69, 9.17) is 0 Å². The van der Waals surface area contributed by atoms with Crippen LogP contribution in [0.1, 0.15) is 42.5 Å². The largest absolute Gasteiger partial charge is 0.338 e. The van der Waals surface area contributed by atoms with E-state index < -0.39 is 0 Å². The maximum Gasteiger partial charge on any atom is 0.257 e. The predicted molar refractivity (Wildman–Crippen MR) is 102 cm³/mol. The fraction of sp³-hybridized carbons (Fsp3) is 0.500. The van der Waals surface area contributed by atoms with E-state index in [0.717, 1.165) is 36.3 Å². The SMILES string of the molecule is BC12CCCCC1CN(C(=O)c1cnn(C)c1-c1ccccc1)CC2. The highest BCUT2D eigenvalue weighted by atomic mass is 16.2. The number of likely N-dealkylation sites (tertiary alicyclic amines) is 1. The van der Waals surface area contributed by atoms with Crippen LogP contribution in [-0.4, -0.2) is 41.5 Å². The third-order valence-corrected chi connectivity index (χ3v) is 6.43. The second-order valence-corrected chi connectivity index (χ2v) is 7.99. The van der Waals surface area contributed by atoms with Gasteiger partial charge in [-0.05, 0) is 18.8 Å². The topological polar surface area (TPSA) is 38.1 Å². The van der Waals surface area contributed by atoms with Crippen molar-refractivity contribution in [2.75, 3.05) is 13.1 Å². The van der Waals surface area contributed by atoms with E-state index >= 15 is 0 Å². The van der Waals surface area contributed by atoms with Crippen molar-refractivity contribution in [1.82, 2.24) is 14.7 Å². The standard InChI is InChI=1S/C20H26BN3O/c1-23-18(15-7-3-2-4-8-15)17(13-22-23)19(25)24-12-11-20(21)10-6-5-9-16(20)14-24/h2-4,7-8,13,16H,5-6,9-12,14,21H2,1H3. The number of amides is 1. The Kier molecular flexibility index (Phi) is 4.18. The maximum atomic E-state index is 13.3. The summed E-state index contributed by atoms with van der Waals surface area (Å²) in [5, 5.41) is 4.81. The average Bonchev–Trinajstić information content (AvgIpc) is 3.02. The lowest BCUT2D eigenvalue weighted by Crippen LogP contribution is -2.47. The summed E-state index contributed by atoms with van der Waals surface area (Å²) >= 11 is 0. The molecule has 5 heteroatoms. The Morgan fingerprint density at radius 1 is 1.24 bits per heavy atom. The molecular weight excluding hydrogens is 309 g/mol. The first kappa shape index (κ1) is 16.4. The number of benzene rings is 1. The highest BCUT2D eigenvalue weighted by molar-refractivity contribution is 6.15. The van der Waals surface area contributed by atoms with Crippen molar-refractivity contribution < 1.29 is 4.79 Å². The van der Waals surface area contributed by atoms with Crippen molar-refractivity contribution in [2.24, 2.45) is 13.0 Å². The maximum absolute atomic E-state index is 13.3. The van der Waals surface area contributed by atoms with Crippen LogP contribution < -0.4 is 0 Å². The summed E-state index contributed by atoms with van der Waals surface area (Å²) in [6, 6.07) is 10.1. The van der Waals surface area contributed by atoms with E-state index in [1.54, 1.807) is 6.20 Å². The number of aryl methyl sites for hydroxylation is 1. The molecule has 2 unspecified atom stereocenters. The van der Waals surface area contributed by atoms with Crippen molar-refractivity contribution in [3.05, 3.63) is 42.1 Å². The van der Waals surface area contributed by atoms with Gasteiger partial charge in [0.1, 0.15) is 7.85 Å². The van der Waals surface area contributed by atoms with E-state index in [0.29, 0.717) is 11.2 Å². The lowest BCUT2D eigenvalue weighted by molar-refractivity contribution is 0.0556. The number of aromatic nitrogens is 2. The van der Waals surface area contributed by atoms with Gasteiger partial charge < -0.3 is 4.90 Å². The first-order valence-electron chi connectivity index (χ1n) is 9.45. The molecule has 2 heterocycles. The van der Waals surface area contributed by atoms with Crippen molar-refractivity contribution >= 4 is 13.8 Å². The summed E-state index contributed by atoms with van der Waals surface area (Å²) in [7, 11) is 4.34. The van der Waals surface area contributed by atoms with Crippen molar-refractivity contribution in [1.29, 1.82) is 0 Å². The molecule has 2 fully saturated rings. The Morgan fingerprint density at radius 2 is 2.04 bits per heavy atom. The molecule has 1 saturated carbocycles. The third-order valence-electron chi connectivity index (χ3n) is 6.43. The van der Waals surface area contributed by atoms with Gasteiger partial charge in [-0.3, -0.25) is 9.48 Å². The molecule has 1 amide bonds. The molecule has 25 heavy (non-hydrogen) atoms. The number of carbonyl (C=O) groups is 1. The number of nitrogens with zero attached hydrogens (tertiary/aromatic N) is 3. The molecule has 2 atom stereocenters. The minimum absolute atomic E-state index is 0.138. The molecule has 2 aliphatic rings. The van der Waals surface area contributed by atoms with Crippen LogP contribution in [0.2, 0.25) is 5.31 Å². The van der Waals surface area contributed by atoms with Crippen LogP contribution >= 0.6 is 0 Å². The summed E-state index contributed by atoms with van der Waals surface area (Å²) in [4.78, 5) is 15.3. The second kappa shape index (κ2) is 6.36. The molecule has 130 valence electrons. The van der Waals surface area contributed by atoms with Gasteiger partial charge in [-0.1, -0.05) is 54.9 Å². The zero-order chi connectivity index (χ0) is 17.4. The van der Waals surface area contributed by atoms with E-state index in [1.165, 1.54) is 25.7 Å². The molecule has 1 aromatic heterocycles. The van der Waals surface area contributed by atoms with E-state index in [1.807, 2.05) is 42.1 Å². The summed E-state index contributed by atoms with van der Waals surface area (Å²) in [5.74, 6) is 0.787. The van der Waals surface area contributed by atoms with Gasteiger partial charge in [0.25, 0.3) is 5.91 Å². The first-order chi connectivity index (χ1) is 12.1. The molecular formula is C20H26BN3O. The quantitative estimate of drug-likeness (QED) is 0.792. The van der Waals surface area contributed by atoms with Crippen molar-refractivity contribution in [3.8, 4) is 11.3 Å². The number of hydrogen-bond donors (Lipinski definition) is 0. The molecule has 1 saturated heterocycles. The molecule has 4 nitrogen and oxygen atoms in total. The number of carbonyl (C=O) groups excluding carboxylic acids is 1. The van der Waals surface area contributed by atoms with Gasteiger partial charge in [0, 0.05) is 25.7 Å². The van der Waals surface area contributed by atoms with Crippen LogP contribution in [0.4, 0.5) is 0 Å². The molecule has 0 N–H and O–H groups in total. The highest BCUT2D eigenvalue weighted by Crippen LogP contribution is 2.50. The molecule has 1 aromatic carbocycles. The zero-order valence-corrected chi connectivity index (χ0v) is 15.2. The van der Waals surface area contributed by atoms with Gasteiger partial charge in [-0.25, -0.2) is 0 Å². The lowest BCUT2D eigenvalue weighted by atomic mass is 9.51. The molecule has 2 aromatic rings. The van der Waals surface area contributed by atoms with Crippen LogP contribution in [0, 0.1) is 5.92 Å². The second-order valence-electron chi connectivity index (χ2n) is 7.99. The fourth-order valence-corrected chi connectivity index (χ4v) is 4.75. The first-order valence-corrected chi connectivity index (χ1v) is 9.45. The number of rotatable bonds is 2. The summed E-state index contributed by atoms with van der Waals surface area (Å²) in [6.45, 7) is 1.77. The van der Waals surface area contributed by atoms with Gasteiger partial charge in [-0.15, -0.1) is 0 Å². The highest BCUT2D eigenvalue weighted by Gasteiger charge is 2.42. The van der Waals surface area contributed by atoms with Crippen LogP contribution in [0.15, 0.2) is 36.5 Å². The van der Waals surface area contributed by atoms with Gasteiger partial charge in [0.2, 0.25) is 0 Å². The van der Waals surface area contributed by atoms with E-state index in [2.05, 4.69) is 17.8 Å². The Hall–Kier alpha value is -2.04. The van der Waals surface area contributed by atoms with E-state index in [9.17, 15) is 4.79 Å². The average molecular weight is 335 g/mol. The normalized spacial score (nSPS) is 26.3. The Morgan fingerprint density at radius 3 is 2.84 bits per heavy atom. The monoisotopic (exact) mass is 335 g/mol. The summed E-state index contributed by atoms with van der Waals surface area (Å²) in [6.07, 6.45) is 8.11. The van der Waals surface area contributed by atoms with Crippen molar-refractivity contribution in [3.63, 3.8) is 0 Å².